The summed E-state index contributed by atoms with van der Waals surface area (Å²) in [6.45, 7) is 1.35. The third-order valence-corrected chi connectivity index (χ3v) is 1.86. The van der Waals surface area contributed by atoms with Crippen molar-refractivity contribution < 1.29 is 19.4 Å². The Hall–Kier alpha value is -1.84. The van der Waals surface area contributed by atoms with E-state index in [1.165, 1.54) is 26.2 Å². The second kappa shape index (κ2) is 3.91. The van der Waals surface area contributed by atoms with E-state index in [4.69, 9.17) is 4.74 Å². The molecule has 0 aliphatic heterocycles. The van der Waals surface area contributed by atoms with Gasteiger partial charge in [0.1, 0.15) is 0 Å². The molecule has 4 nitrogen and oxygen atoms in total. The van der Waals surface area contributed by atoms with Crippen LogP contribution in [0.15, 0.2) is 12.1 Å². The van der Waals surface area contributed by atoms with E-state index in [2.05, 4.69) is 0 Å². The third-order valence-electron chi connectivity index (χ3n) is 1.86. The highest BCUT2D eigenvalue weighted by atomic mass is 16.5. The van der Waals surface area contributed by atoms with Crippen molar-refractivity contribution in [3.05, 3.63) is 23.3 Å². The second-order valence-corrected chi connectivity index (χ2v) is 2.79. The second-order valence-electron chi connectivity index (χ2n) is 2.79. The first-order chi connectivity index (χ1) is 6.60. The number of carbonyl (C=O) groups excluding carboxylic acids is 2. The number of rotatable bonds is 3. The fraction of sp³-hybridized carbons (Fsp3) is 0.200. The van der Waals surface area contributed by atoms with Gasteiger partial charge in [0.15, 0.2) is 23.6 Å². The van der Waals surface area contributed by atoms with Crippen molar-refractivity contribution in [2.24, 2.45) is 0 Å². The van der Waals surface area contributed by atoms with E-state index in [1.807, 2.05) is 0 Å². The Morgan fingerprint density at radius 1 is 1.50 bits per heavy atom. The summed E-state index contributed by atoms with van der Waals surface area (Å²) in [5, 5.41) is 9.33. The summed E-state index contributed by atoms with van der Waals surface area (Å²) in [6, 6.07) is 2.56. The molecule has 1 aromatic carbocycles. The fourth-order valence-electron chi connectivity index (χ4n) is 1.15. The number of phenols is 1. The lowest BCUT2D eigenvalue weighted by atomic mass is 10.0. The van der Waals surface area contributed by atoms with Gasteiger partial charge in [-0.25, -0.2) is 0 Å². The van der Waals surface area contributed by atoms with Gasteiger partial charge in [0.25, 0.3) is 0 Å². The number of hydrogen-bond donors (Lipinski definition) is 1. The Labute approximate surface area is 81.1 Å². The predicted octanol–water partition coefficient (Wildman–Crippen LogP) is 1.42. The van der Waals surface area contributed by atoms with Gasteiger partial charge in [0, 0.05) is 11.1 Å². The Balaban J connectivity index is 3.39. The molecule has 74 valence electrons. The Morgan fingerprint density at radius 3 is 2.57 bits per heavy atom. The lowest BCUT2D eigenvalue weighted by Gasteiger charge is -2.06. The summed E-state index contributed by atoms with van der Waals surface area (Å²) in [5.41, 5.74) is 0.408. The maximum Gasteiger partial charge on any atom is 0.161 e. The molecule has 1 rings (SSSR count). The van der Waals surface area contributed by atoms with Gasteiger partial charge in [-0.2, -0.15) is 0 Å². The Bertz CT molecular complexity index is 382. The molecule has 0 saturated heterocycles. The smallest absolute Gasteiger partial charge is 0.161 e. The summed E-state index contributed by atoms with van der Waals surface area (Å²) in [7, 11) is 1.37. The van der Waals surface area contributed by atoms with Crippen LogP contribution in [0.4, 0.5) is 0 Å². The van der Waals surface area contributed by atoms with Gasteiger partial charge in [0.05, 0.1) is 7.11 Å². The lowest BCUT2D eigenvalue weighted by molar-refractivity contribution is 0.100. The maximum atomic E-state index is 11.1. The lowest BCUT2D eigenvalue weighted by Crippen LogP contribution is -1.99. The molecule has 0 aliphatic rings. The van der Waals surface area contributed by atoms with Crippen LogP contribution in [-0.2, 0) is 0 Å². The summed E-state index contributed by atoms with van der Waals surface area (Å²) >= 11 is 0. The SMILES string of the molecule is COc1cc(C(C)=O)c(C=O)cc1O. The monoisotopic (exact) mass is 194 g/mol. The number of carbonyl (C=O) groups is 2. The van der Waals surface area contributed by atoms with Gasteiger partial charge in [-0.05, 0) is 19.1 Å². The van der Waals surface area contributed by atoms with E-state index < -0.39 is 0 Å². The molecule has 0 radical (unpaired) electrons. The highest BCUT2D eigenvalue weighted by molar-refractivity contribution is 6.02. The zero-order valence-electron chi connectivity index (χ0n) is 7.90. The molecule has 0 heterocycles. The molecule has 0 bridgehead atoms. The van der Waals surface area contributed by atoms with Crippen LogP contribution in [0.2, 0.25) is 0 Å². The van der Waals surface area contributed by atoms with Crippen molar-refractivity contribution in [3.63, 3.8) is 0 Å². The first-order valence-corrected chi connectivity index (χ1v) is 3.97. The van der Waals surface area contributed by atoms with Crippen molar-refractivity contribution in [3.8, 4) is 11.5 Å². The molecule has 1 N–H and O–H groups in total. The zero-order chi connectivity index (χ0) is 10.7. The van der Waals surface area contributed by atoms with Gasteiger partial charge < -0.3 is 9.84 Å². The largest absolute Gasteiger partial charge is 0.504 e. The van der Waals surface area contributed by atoms with Gasteiger partial charge >= 0.3 is 0 Å². The van der Waals surface area contributed by atoms with Crippen LogP contribution in [0.1, 0.15) is 27.6 Å². The van der Waals surface area contributed by atoms with Gasteiger partial charge in [-0.1, -0.05) is 0 Å². The molecule has 4 heteroatoms. The summed E-state index contributed by atoms with van der Waals surface area (Å²) < 4.78 is 4.82. The van der Waals surface area contributed by atoms with Crippen molar-refractivity contribution in [1.82, 2.24) is 0 Å². The number of benzene rings is 1. The van der Waals surface area contributed by atoms with Gasteiger partial charge in [0.2, 0.25) is 0 Å². The quantitative estimate of drug-likeness (QED) is 0.583. The van der Waals surface area contributed by atoms with Crippen LogP contribution in [0.3, 0.4) is 0 Å². The van der Waals surface area contributed by atoms with Crippen LogP contribution in [-0.4, -0.2) is 24.3 Å². The summed E-state index contributed by atoms with van der Waals surface area (Å²) in [5.74, 6) is -0.217. The van der Waals surface area contributed by atoms with Crippen LogP contribution < -0.4 is 4.74 Å². The van der Waals surface area contributed by atoms with E-state index in [0.29, 0.717) is 6.29 Å². The van der Waals surface area contributed by atoms with Crippen LogP contribution in [0.5, 0.6) is 11.5 Å². The molecule has 0 saturated carbocycles. The zero-order valence-corrected chi connectivity index (χ0v) is 7.90. The molecular formula is C10H10O4. The average molecular weight is 194 g/mol. The summed E-state index contributed by atoms with van der Waals surface area (Å²) in [4.78, 5) is 21.7. The van der Waals surface area contributed by atoms with E-state index >= 15 is 0 Å². The molecule has 0 aliphatic carbocycles. The normalized spacial score (nSPS) is 9.57. The molecule has 0 amide bonds. The fourth-order valence-corrected chi connectivity index (χ4v) is 1.15. The molecule has 0 fully saturated rings. The molecule has 0 spiro atoms. The van der Waals surface area contributed by atoms with Crippen molar-refractivity contribution >= 4 is 12.1 Å². The molecular weight excluding hydrogens is 184 g/mol. The highest BCUT2D eigenvalue weighted by Crippen LogP contribution is 2.28. The van der Waals surface area contributed by atoms with E-state index in [9.17, 15) is 14.7 Å². The third kappa shape index (κ3) is 1.74. The number of ether oxygens (including phenoxy) is 1. The van der Waals surface area contributed by atoms with Crippen LogP contribution in [0, 0.1) is 0 Å². The minimum atomic E-state index is -0.245. The number of ketones is 1. The first-order valence-electron chi connectivity index (χ1n) is 3.97. The highest BCUT2D eigenvalue weighted by Gasteiger charge is 2.12. The van der Waals surface area contributed by atoms with Crippen molar-refractivity contribution in [2.45, 2.75) is 6.92 Å². The number of aromatic hydroxyl groups is 1. The topological polar surface area (TPSA) is 63.6 Å². The molecule has 0 unspecified atom stereocenters. The molecule has 1 aromatic rings. The number of aldehydes is 1. The first kappa shape index (κ1) is 10.2. The minimum absolute atomic E-state index is 0.153. The van der Waals surface area contributed by atoms with Crippen molar-refractivity contribution in [1.29, 1.82) is 0 Å². The summed E-state index contributed by atoms with van der Waals surface area (Å²) in [6.07, 6.45) is 0.524. The number of methoxy groups -OCH3 is 1. The van der Waals surface area contributed by atoms with E-state index in [1.54, 1.807) is 0 Å². The maximum absolute atomic E-state index is 11.1. The molecule has 0 atom stereocenters. The Kier molecular flexibility index (Phi) is 2.86. The average Bonchev–Trinajstić information content (AvgIpc) is 2.16. The van der Waals surface area contributed by atoms with Crippen LogP contribution in [0.25, 0.3) is 0 Å². The van der Waals surface area contributed by atoms with Gasteiger partial charge in [-0.3, -0.25) is 9.59 Å². The molecule has 14 heavy (non-hydrogen) atoms. The predicted molar refractivity (Wildman–Crippen MR) is 50.1 cm³/mol. The molecule has 0 aromatic heterocycles. The number of hydrogen-bond acceptors (Lipinski definition) is 4. The van der Waals surface area contributed by atoms with E-state index in [-0.39, 0.29) is 28.4 Å². The van der Waals surface area contributed by atoms with E-state index in [0.717, 1.165) is 0 Å². The van der Waals surface area contributed by atoms with Crippen LogP contribution >= 0.6 is 0 Å². The standard InChI is InChI=1S/C10H10O4/c1-6(12)8-4-10(14-2)9(13)3-7(8)5-11/h3-5,13H,1-2H3. The Morgan fingerprint density at radius 2 is 2.14 bits per heavy atom. The van der Waals surface area contributed by atoms with Gasteiger partial charge in [-0.15, -0.1) is 0 Å². The minimum Gasteiger partial charge on any atom is -0.504 e. The number of phenolic OH excluding ortho intramolecular Hbond substituents is 1. The number of Topliss-reactive ketones (excluding diaryl/α,β-unsaturated/α-hetero) is 1. The van der Waals surface area contributed by atoms with Crippen molar-refractivity contribution in [2.75, 3.05) is 7.11 Å².